The van der Waals surface area contributed by atoms with Crippen molar-refractivity contribution in [2.75, 3.05) is 14.2 Å². The minimum Gasteiger partial charge on any atom is -0.468 e. The van der Waals surface area contributed by atoms with Crippen LogP contribution in [0.5, 0.6) is 0 Å². The molecule has 0 fully saturated rings. The first-order chi connectivity index (χ1) is 14.5. The molecule has 1 aliphatic rings. The molecule has 0 aromatic carbocycles. The van der Waals surface area contributed by atoms with Crippen LogP contribution >= 0.6 is 11.3 Å². The molecule has 30 heavy (non-hydrogen) atoms. The summed E-state index contributed by atoms with van der Waals surface area (Å²) in [6, 6.07) is 6.57. The minimum absolute atomic E-state index is 0.0447. The summed E-state index contributed by atoms with van der Waals surface area (Å²) in [5, 5.41) is 0. The van der Waals surface area contributed by atoms with Crippen LogP contribution in [0, 0.1) is 0 Å². The van der Waals surface area contributed by atoms with Crippen molar-refractivity contribution in [1.82, 2.24) is 4.57 Å². The van der Waals surface area contributed by atoms with Gasteiger partial charge in [-0.05, 0) is 24.3 Å². The second-order valence-corrected chi connectivity index (χ2v) is 7.25. The number of esters is 2. The van der Waals surface area contributed by atoms with Gasteiger partial charge in [0.05, 0.1) is 48.3 Å². The lowest BCUT2D eigenvalue weighted by molar-refractivity contribution is -0.136. The van der Waals surface area contributed by atoms with Gasteiger partial charge < -0.3 is 24.0 Å². The summed E-state index contributed by atoms with van der Waals surface area (Å²) in [5.41, 5.74) is 5.70. The topological polar surface area (TPSA) is 127 Å². The fourth-order valence-corrected chi connectivity index (χ4v) is 4.45. The van der Waals surface area contributed by atoms with E-state index in [0.717, 1.165) is 15.9 Å². The number of thiazole rings is 1. The fraction of sp³-hybridized carbons (Fsp3) is 0.150. The Bertz CT molecular complexity index is 1320. The van der Waals surface area contributed by atoms with Gasteiger partial charge in [0, 0.05) is 6.08 Å². The van der Waals surface area contributed by atoms with Crippen molar-refractivity contribution in [2.45, 2.75) is 5.92 Å². The molecule has 9 nitrogen and oxygen atoms in total. The molecule has 0 bridgehead atoms. The van der Waals surface area contributed by atoms with Crippen molar-refractivity contribution < 1.29 is 27.9 Å². The molecule has 4 heterocycles. The Labute approximate surface area is 172 Å². The molecule has 0 aliphatic carbocycles. The second-order valence-electron chi connectivity index (χ2n) is 6.22. The average molecular weight is 428 g/mol. The highest BCUT2D eigenvalue weighted by Crippen LogP contribution is 2.37. The van der Waals surface area contributed by atoms with E-state index in [1.807, 2.05) is 0 Å². The summed E-state index contributed by atoms with van der Waals surface area (Å²) in [4.78, 5) is 38.5. The number of fused-ring (bicyclic) bond motifs is 1. The Balaban J connectivity index is 2.14. The number of aromatic nitrogens is 1. The lowest BCUT2D eigenvalue weighted by atomic mass is 9.87. The first-order valence-corrected chi connectivity index (χ1v) is 9.51. The van der Waals surface area contributed by atoms with E-state index in [2.05, 4.69) is 0 Å². The van der Waals surface area contributed by atoms with Crippen LogP contribution in [-0.2, 0) is 19.1 Å². The van der Waals surface area contributed by atoms with Crippen molar-refractivity contribution in [3.8, 4) is 0 Å². The SMILES string of the molecule is COC(=O)C1=C(N)n2c(s/c(=C\c3ccco3)c2=O)=C(C(=O)OC)[C@H]1c1ccco1. The van der Waals surface area contributed by atoms with Crippen molar-refractivity contribution in [1.29, 1.82) is 0 Å². The zero-order chi connectivity index (χ0) is 21.4. The number of ether oxygens (including phenoxy) is 2. The Morgan fingerprint density at radius 3 is 2.37 bits per heavy atom. The van der Waals surface area contributed by atoms with Crippen LogP contribution in [0.2, 0.25) is 0 Å². The summed E-state index contributed by atoms with van der Waals surface area (Å²) in [7, 11) is 2.39. The van der Waals surface area contributed by atoms with Crippen molar-refractivity contribution in [3.05, 3.63) is 73.4 Å². The number of hydrogen-bond acceptors (Lipinski definition) is 9. The molecule has 1 aliphatic heterocycles. The third kappa shape index (κ3) is 2.98. The fourth-order valence-electron chi connectivity index (χ4n) is 3.31. The van der Waals surface area contributed by atoms with E-state index in [4.69, 9.17) is 24.0 Å². The van der Waals surface area contributed by atoms with Gasteiger partial charge in [-0.2, -0.15) is 0 Å². The molecule has 2 N–H and O–H groups in total. The minimum atomic E-state index is -1.01. The maximum Gasteiger partial charge on any atom is 0.338 e. The maximum absolute atomic E-state index is 13.1. The first-order valence-electron chi connectivity index (χ1n) is 8.69. The molecule has 0 saturated carbocycles. The normalized spacial score (nSPS) is 16.5. The Hall–Kier alpha value is -3.79. The Morgan fingerprint density at radius 2 is 1.77 bits per heavy atom. The molecule has 10 heteroatoms. The second kappa shape index (κ2) is 7.56. The van der Waals surface area contributed by atoms with Gasteiger partial charge in [-0.3, -0.25) is 9.36 Å². The average Bonchev–Trinajstić information content (AvgIpc) is 3.50. The van der Waals surface area contributed by atoms with Crippen LogP contribution in [0.4, 0.5) is 0 Å². The van der Waals surface area contributed by atoms with E-state index in [9.17, 15) is 14.4 Å². The number of hydrogen-bond donors (Lipinski definition) is 1. The molecule has 3 aromatic rings. The molecule has 154 valence electrons. The van der Waals surface area contributed by atoms with Gasteiger partial charge in [-0.1, -0.05) is 0 Å². The highest BCUT2D eigenvalue weighted by atomic mass is 32.1. The third-order valence-electron chi connectivity index (χ3n) is 4.60. The van der Waals surface area contributed by atoms with Crippen molar-refractivity contribution in [3.63, 3.8) is 0 Å². The van der Waals surface area contributed by atoms with E-state index in [-0.39, 0.29) is 31.9 Å². The first kappa shape index (κ1) is 19.5. The monoisotopic (exact) mass is 428 g/mol. The predicted octanol–water partition coefficient (Wildman–Crippen LogP) is 0.346. The number of nitrogens with zero attached hydrogens (tertiary/aromatic N) is 1. The molecule has 0 unspecified atom stereocenters. The third-order valence-corrected chi connectivity index (χ3v) is 5.71. The van der Waals surface area contributed by atoms with Gasteiger partial charge in [0.1, 0.15) is 22.0 Å². The molecule has 0 radical (unpaired) electrons. The van der Waals surface area contributed by atoms with E-state index >= 15 is 0 Å². The summed E-state index contributed by atoms with van der Waals surface area (Å²) in [6.07, 6.45) is 4.40. The summed E-state index contributed by atoms with van der Waals surface area (Å²) in [5.74, 6) is -1.95. The smallest absolute Gasteiger partial charge is 0.338 e. The van der Waals surface area contributed by atoms with Crippen LogP contribution in [0.15, 0.2) is 56.0 Å². The molecule has 1 atom stereocenters. The van der Waals surface area contributed by atoms with Gasteiger partial charge in [0.2, 0.25) is 0 Å². The van der Waals surface area contributed by atoms with E-state index in [0.29, 0.717) is 5.76 Å². The lowest BCUT2D eigenvalue weighted by Gasteiger charge is -2.24. The van der Waals surface area contributed by atoms with Gasteiger partial charge in [0.25, 0.3) is 5.56 Å². The molecule has 3 aromatic heterocycles. The molecule has 0 spiro atoms. The molecule has 0 amide bonds. The number of carbonyl (C=O) groups excluding carboxylic acids is 2. The zero-order valence-electron chi connectivity index (χ0n) is 15.9. The maximum atomic E-state index is 13.1. The van der Waals surface area contributed by atoms with Gasteiger partial charge >= 0.3 is 11.9 Å². The molecular formula is C20H16N2O7S. The Morgan fingerprint density at radius 1 is 1.10 bits per heavy atom. The largest absolute Gasteiger partial charge is 0.468 e. The molecule has 0 saturated heterocycles. The van der Waals surface area contributed by atoms with Crippen molar-refractivity contribution >= 4 is 40.7 Å². The van der Waals surface area contributed by atoms with Gasteiger partial charge in [-0.25, -0.2) is 9.59 Å². The highest BCUT2D eigenvalue weighted by Gasteiger charge is 2.41. The van der Waals surface area contributed by atoms with E-state index in [1.165, 1.54) is 32.8 Å². The number of nitrogens with two attached hydrogens (primary N) is 1. The number of carbonyl (C=O) groups is 2. The Kier molecular flexibility index (Phi) is 4.92. The van der Waals surface area contributed by atoms with Crippen LogP contribution < -0.4 is 20.5 Å². The van der Waals surface area contributed by atoms with E-state index < -0.39 is 23.4 Å². The molecule has 4 rings (SSSR count). The van der Waals surface area contributed by atoms with Gasteiger partial charge in [-0.15, -0.1) is 11.3 Å². The van der Waals surface area contributed by atoms with E-state index in [1.54, 1.807) is 24.3 Å². The van der Waals surface area contributed by atoms with Crippen LogP contribution in [0.25, 0.3) is 17.5 Å². The van der Waals surface area contributed by atoms with Gasteiger partial charge in [0.15, 0.2) is 0 Å². The molecular weight excluding hydrogens is 412 g/mol. The van der Waals surface area contributed by atoms with Crippen LogP contribution in [-0.4, -0.2) is 30.7 Å². The van der Waals surface area contributed by atoms with Crippen molar-refractivity contribution in [2.24, 2.45) is 5.73 Å². The number of furan rings is 2. The summed E-state index contributed by atoms with van der Waals surface area (Å²) < 4.78 is 22.2. The summed E-state index contributed by atoms with van der Waals surface area (Å²) in [6.45, 7) is 0. The number of methoxy groups -OCH3 is 2. The van der Waals surface area contributed by atoms with Crippen LogP contribution in [0.1, 0.15) is 17.4 Å². The highest BCUT2D eigenvalue weighted by molar-refractivity contribution is 7.07. The quantitative estimate of drug-likeness (QED) is 0.590. The number of rotatable bonds is 4. The zero-order valence-corrected chi connectivity index (χ0v) is 16.7. The van der Waals surface area contributed by atoms with Crippen LogP contribution in [0.3, 0.4) is 0 Å². The summed E-state index contributed by atoms with van der Waals surface area (Å²) >= 11 is 1.03. The lowest BCUT2D eigenvalue weighted by Crippen LogP contribution is -2.41. The predicted molar refractivity (Wildman–Crippen MR) is 106 cm³/mol. The standard InChI is InChI=1S/C20H16N2O7S/c1-26-19(24)14-13(11-6-4-8-29-11)15(20(25)27-2)18-22(16(14)21)17(23)12(30-18)9-10-5-3-7-28-10/h3-9,13H,21H2,1-2H3/b12-9-/t13-/m0/s1.